The topological polar surface area (TPSA) is 78.4 Å². The Labute approximate surface area is 135 Å². The Kier molecular flexibility index (Phi) is 5.88. The van der Waals surface area contributed by atoms with E-state index in [1.807, 2.05) is 25.1 Å². The van der Waals surface area contributed by atoms with Gasteiger partial charge in [0.05, 0.1) is 6.61 Å². The lowest BCUT2D eigenvalue weighted by Gasteiger charge is -2.09. The molecule has 120 valence electrons. The van der Waals surface area contributed by atoms with Crippen LogP contribution in [0.25, 0.3) is 0 Å². The second kappa shape index (κ2) is 8.10. The van der Waals surface area contributed by atoms with Crippen molar-refractivity contribution in [3.8, 4) is 0 Å². The molecule has 0 aliphatic heterocycles. The fourth-order valence-electron chi connectivity index (χ4n) is 2.18. The molecule has 0 saturated carbocycles. The van der Waals surface area contributed by atoms with Gasteiger partial charge in [-0.05, 0) is 36.2 Å². The predicted molar refractivity (Wildman–Crippen MR) is 89.1 cm³/mol. The summed E-state index contributed by atoms with van der Waals surface area (Å²) in [6.07, 6.45) is 0.182. The van der Waals surface area contributed by atoms with E-state index in [0.29, 0.717) is 11.3 Å². The Morgan fingerprint density at radius 3 is 2.61 bits per heavy atom. The van der Waals surface area contributed by atoms with Crippen LogP contribution in [-0.4, -0.2) is 23.5 Å². The number of hydrogen-bond acceptors (Lipinski definition) is 3. The first kappa shape index (κ1) is 16.7. The molecule has 3 N–H and O–H groups in total. The van der Waals surface area contributed by atoms with E-state index in [4.69, 9.17) is 5.11 Å². The number of aliphatic hydroxyl groups excluding tert-OH is 1. The van der Waals surface area contributed by atoms with Crippen molar-refractivity contribution in [2.24, 2.45) is 0 Å². The first-order chi connectivity index (χ1) is 11.1. The molecule has 0 bridgehead atoms. The van der Waals surface area contributed by atoms with Crippen LogP contribution in [0.2, 0.25) is 0 Å². The second-order valence-corrected chi connectivity index (χ2v) is 5.23. The molecule has 0 heterocycles. The number of carbonyl (C=O) groups is 2. The number of hydrogen-bond donors (Lipinski definition) is 3. The molecule has 2 rings (SSSR count). The van der Waals surface area contributed by atoms with Crippen molar-refractivity contribution < 1.29 is 14.7 Å². The van der Waals surface area contributed by atoms with Crippen molar-refractivity contribution in [3.63, 3.8) is 0 Å². The molecule has 23 heavy (non-hydrogen) atoms. The van der Waals surface area contributed by atoms with E-state index >= 15 is 0 Å². The number of benzene rings is 2. The van der Waals surface area contributed by atoms with E-state index in [9.17, 15) is 9.59 Å². The molecule has 5 nitrogen and oxygen atoms in total. The van der Waals surface area contributed by atoms with Crippen LogP contribution in [0.1, 0.15) is 27.9 Å². The van der Waals surface area contributed by atoms with E-state index in [2.05, 4.69) is 10.6 Å². The molecule has 0 saturated heterocycles. The zero-order chi connectivity index (χ0) is 16.7. The Hall–Kier alpha value is -2.66. The van der Waals surface area contributed by atoms with Crippen molar-refractivity contribution in [2.45, 2.75) is 20.0 Å². The molecule has 0 aliphatic rings. The van der Waals surface area contributed by atoms with Crippen molar-refractivity contribution in [3.05, 3.63) is 65.2 Å². The molecule has 0 unspecified atom stereocenters. The van der Waals surface area contributed by atoms with E-state index in [0.717, 1.165) is 11.1 Å². The summed E-state index contributed by atoms with van der Waals surface area (Å²) in [6.45, 7) is 2.06. The van der Waals surface area contributed by atoms with Crippen LogP contribution >= 0.6 is 0 Å². The number of nitrogens with one attached hydrogen (secondary N) is 2. The molecule has 0 atom stereocenters. The first-order valence-electron chi connectivity index (χ1n) is 7.43. The maximum absolute atomic E-state index is 12.0. The SMILES string of the molecule is Cc1ccccc1C(=O)NCCC(=O)Nc1cccc(CO)c1. The Balaban J connectivity index is 1.80. The summed E-state index contributed by atoms with van der Waals surface area (Å²) in [7, 11) is 0. The maximum atomic E-state index is 12.0. The van der Waals surface area contributed by atoms with Gasteiger partial charge in [0, 0.05) is 24.2 Å². The van der Waals surface area contributed by atoms with Crippen LogP contribution in [0.3, 0.4) is 0 Å². The predicted octanol–water partition coefficient (Wildman–Crippen LogP) is 2.25. The molecule has 2 amide bonds. The van der Waals surface area contributed by atoms with Crippen LogP contribution in [0, 0.1) is 6.92 Å². The van der Waals surface area contributed by atoms with Crippen molar-refractivity contribution in [2.75, 3.05) is 11.9 Å². The average Bonchev–Trinajstić information content (AvgIpc) is 2.55. The Bertz CT molecular complexity index is 698. The number of anilines is 1. The monoisotopic (exact) mass is 312 g/mol. The summed E-state index contributed by atoms with van der Waals surface area (Å²) < 4.78 is 0. The van der Waals surface area contributed by atoms with Gasteiger partial charge in [0.25, 0.3) is 5.91 Å². The maximum Gasteiger partial charge on any atom is 0.251 e. The van der Waals surface area contributed by atoms with Crippen LogP contribution in [0.15, 0.2) is 48.5 Å². The summed E-state index contributed by atoms with van der Waals surface area (Å²) in [6, 6.07) is 14.3. The van der Waals surface area contributed by atoms with Gasteiger partial charge >= 0.3 is 0 Å². The van der Waals surface area contributed by atoms with E-state index in [1.54, 1.807) is 30.3 Å². The molecule has 0 fully saturated rings. The third-order valence-electron chi connectivity index (χ3n) is 3.42. The van der Waals surface area contributed by atoms with Gasteiger partial charge in [0.1, 0.15) is 0 Å². The van der Waals surface area contributed by atoms with Crippen molar-refractivity contribution in [1.29, 1.82) is 0 Å². The molecule has 2 aromatic carbocycles. The molecule has 0 aliphatic carbocycles. The minimum absolute atomic E-state index is 0.0732. The third kappa shape index (κ3) is 4.93. The highest BCUT2D eigenvalue weighted by Gasteiger charge is 2.09. The van der Waals surface area contributed by atoms with Gasteiger partial charge in [-0.15, -0.1) is 0 Å². The summed E-state index contributed by atoms with van der Waals surface area (Å²) in [4.78, 5) is 23.9. The molecular weight excluding hydrogens is 292 g/mol. The van der Waals surface area contributed by atoms with Gasteiger partial charge in [0.2, 0.25) is 5.91 Å². The lowest BCUT2D eigenvalue weighted by Crippen LogP contribution is -2.28. The zero-order valence-corrected chi connectivity index (χ0v) is 13.0. The van der Waals surface area contributed by atoms with Gasteiger partial charge in [-0.2, -0.15) is 0 Å². The number of rotatable bonds is 6. The standard InChI is InChI=1S/C18H20N2O3/c1-13-5-2-3-8-16(13)18(23)19-10-9-17(22)20-15-7-4-6-14(11-15)12-21/h2-8,11,21H,9-10,12H2,1H3,(H,19,23)(H,20,22). The van der Waals surface area contributed by atoms with E-state index in [1.165, 1.54) is 0 Å². The number of aliphatic hydroxyl groups is 1. The van der Waals surface area contributed by atoms with Gasteiger partial charge in [-0.25, -0.2) is 0 Å². The van der Waals surface area contributed by atoms with E-state index < -0.39 is 0 Å². The molecule has 0 aromatic heterocycles. The van der Waals surface area contributed by atoms with Gasteiger partial charge in [0.15, 0.2) is 0 Å². The smallest absolute Gasteiger partial charge is 0.251 e. The third-order valence-corrected chi connectivity index (χ3v) is 3.42. The number of carbonyl (C=O) groups excluding carboxylic acids is 2. The Morgan fingerprint density at radius 2 is 1.87 bits per heavy atom. The zero-order valence-electron chi connectivity index (χ0n) is 13.0. The van der Waals surface area contributed by atoms with Gasteiger partial charge in [-0.1, -0.05) is 30.3 Å². The molecule has 2 aromatic rings. The number of amides is 2. The summed E-state index contributed by atoms with van der Waals surface area (Å²) in [5, 5.41) is 14.5. The fourth-order valence-corrected chi connectivity index (χ4v) is 2.18. The van der Waals surface area contributed by atoms with Crippen LogP contribution in [-0.2, 0) is 11.4 Å². The first-order valence-corrected chi connectivity index (χ1v) is 7.43. The molecule has 0 spiro atoms. The number of aryl methyl sites for hydroxylation is 1. The lowest BCUT2D eigenvalue weighted by molar-refractivity contribution is -0.116. The van der Waals surface area contributed by atoms with Crippen LogP contribution < -0.4 is 10.6 Å². The summed E-state index contributed by atoms with van der Waals surface area (Å²) in [5.74, 6) is -0.372. The van der Waals surface area contributed by atoms with Gasteiger partial charge < -0.3 is 15.7 Å². The molecule has 5 heteroatoms. The summed E-state index contributed by atoms with van der Waals surface area (Å²) >= 11 is 0. The normalized spacial score (nSPS) is 10.2. The molecular formula is C18H20N2O3. The minimum atomic E-state index is -0.190. The Morgan fingerprint density at radius 1 is 1.09 bits per heavy atom. The quantitative estimate of drug-likeness (QED) is 0.765. The van der Waals surface area contributed by atoms with Crippen LogP contribution in [0.4, 0.5) is 5.69 Å². The van der Waals surface area contributed by atoms with Crippen molar-refractivity contribution in [1.82, 2.24) is 5.32 Å². The largest absolute Gasteiger partial charge is 0.392 e. The van der Waals surface area contributed by atoms with E-state index in [-0.39, 0.29) is 31.4 Å². The van der Waals surface area contributed by atoms with Crippen LogP contribution in [0.5, 0.6) is 0 Å². The highest BCUT2D eigenvalue weighted by Crippen LogP contribution is 2.11. The van der Waals surface area contributed by atoms with Gasteiger partial charge in [-0.3, -0.25) is 9.59 Å². The highest BCUT2D eigenvalue weighted by atomic mass is 16.3. The molecule has 0 radical (unpaired) electrons. The highest BCUT2D eigenvalue weighted by molar-refractivity contribution is 5.96. The fraction of sp³-hybridized carbons (Fsp3) is 0.222. The summed E-state index contributed by atoms with van der Waals surface area (Å²) in [5.41, 5.74) is 2.88. The van der Waals surface area contributed by atoms with Crippen molar-refractivity contribution >= 4 is 17.5 Å². The minimum Gasteiger partial charge on any atom is -0.392 e. The lowest BCUT2D eigenvalue weighted by atomic mass is 10.1. The average molecular weight is 312 g/mol. The second-order valence-electron chi connectivity index (χ2n) is 5.23.